The van der Waals surface area contributed by atoms with Gasteiger partial charge in [-0.2, -0.15) is 0 Å². The van der Waals surface area contributed by atoms with Crippen LogP contribution >= 0.6 is 0 Å². The fourth-order valence-electron chi connectivity index (χ4n) is 3.03. The second-order valence-electron chi connectivity index (χ2n) is 5.92. The normalized spacial score (nSPS) is 18.3. The number of ether oxygens (including phenoxy) is 1. The Morgan fingerprint density at radius 1 is 1.22 bits per heavy atom. The standard InChI is InChI=1S/C18H22N2O3/c21-15-12-14-4-1-2-5-16(14)17(13-15)18(22)19-6-3-7-20-8-10-23-11-9-20/h1-2,4-5,13H,3,6-12H2,(H,19,22). The molecule has 2 aliphatic rings. The van der Waals surface area contributed by atoms with Gasteiger partial charge in [-0.25, -0.2) is 0 Å². The van der Waals surface area contributed by atoms with Crippen LogP contribution in [0.25, 0.3) is 5.57 Å². The van der Waals surface area contributed by atoms with Crippen LogP contribution in [0.5, 0.6) is 0 Å². The summed E-state index contributed by atoms with van der Waals surface area (Å²) in [4.78, 5) is 26.5. The number of fused-ring (bicyclic) bond motifs is 1. The van der Waals surface area contributed by atoms with E-state index in [2.05, 4.69) is 10.2 Å². The van der Waals surface area contributed by atoms with Gasteiger partial charge in [0.1, 0.15) is 0 Å². The van der Waals surface area contributed by atoms with Crippen LogP contribution in [-0.4, -0.2) is 56.0 Å². The van der Waals surface area contributed by atoms with Gasteiger partial charge in [0.15, 0.2) is 5.78 Å². The molecule has 1 saturated heterocycles. The molecule has 1 aromatic rings. The summed E-state index contributed by atoms with van der Waals surface area (Å²) in [5.74, 6) is -0.172. The van der Waals surface area contributed by atoms with Gasteiger partial charge >= 0.3 is 0 Å². The van der Waals surface area contributed by atoms with Gasteiger partial charge in [0.25, 0.3) is 5.91 Å². The van der Waals surface area contributed by atoms with Gasteiger partial charge in [-0.05, 0) is 30.2 Å². The minimum atomic E-state index is -0.160. The lowest BCUT2D eigenvalue weighted by Crippen LogP contribution is -2.38. The van der Waals surface area contributed by atoms with Crippen molar-refractivity contribution in [1.29, 1.82) is 0 Å². The Morgan fingerprint density at radius 2 is 2.00 bits per heavy atom. The summed E-state index contributed by atoms with van der Waals surface area (Å²) in [5, 5.41) is 2.94. The first-order valence-electron chi connectivity index (χ1n) is 8.15. The molecule has 0 spiro atoms. The number of carbonyl (C=O) groups excluding carboxylic acids is 2. The van der Waals surface area contributed by atoms with Crippen molar-refractivity contribution in [2.45, 2.75) is 12.8 Å². The Balaban J connectivity index is 1.52. The molecule has 0 saturated carbocycles. The van der Waals surface area contributed by atoms with E-state index in [0.29, 0.717) is 18.5 Å². The predicted molar refractivity (Wildman–Crippen MR) is 88.0 cm³/mol. The number of rotatable bonds is 5. The highest BCUT2D eigenvalue weighted by atomic mass is 16.5. The SMILES string of the molecule is O=C1C=C(C(=O)NCCCN2CCOCC2)c2ccccc2C1. The molecule has 1 aliphatic heterocycles. The number of nitrogens with one attached hydrogen (secondary N) is 1. The van der Waals surface area contributed by atoms with Crippen LogP contribution in [0.2, 0.25) is 0 Å². The molecule has 0 unspecified atom stereocenters. The third-order valence-corrected chi connectivity index (χ3v) is 4.26. The van der Waals surface area contributed by atoms with Gasteiger partial charge in [-0.15, -0.1) is 0 Å². The minimum absolute atomic E-state index is 0.0119. The van der Waals surface area contributed by atoms with Gasteiger partial charge in [0, 0.05) is 26.1 Å². The Morgan fingerprint density at radius 3 is 2.83 bits per heavy atom. The van der Waals surface area contributed by atoms with Crippen molar-refractivity contribution >= 4 is 17.3 Å². The van der Waals surface area contributed by atoms with Gasteiger partial charge in [0.05, 0.1) is 18.8 Å². The maximum absolute atomic E-state index is 12.4. The number of hydrogen-bond donors (Lipinski definition) is 1. The molecule has 1 aliphatic carbocycles. The number of carbonyl (C=O) groups is 2. The first-order valence-corrected chi connectivity index (χ1v) is 8.15. The molecule has 0 aromatic heterocycles. The number of morpholine rings is 1. The van der Waals surface area contributed by atoms with E-state index in [4.69, 9.17) is 4.74 Å². The summed E-state index contributed by atoms with van der Waals surface area (Å²) in [6.45, 7) is 5.07. The highest BCUT2D eigenvalue weighted by Gasteiger charge is 2.21. The lowest BCUT2D eigenvalue weighted by Gasteiger charge is -2.26. The molecule has 1 fully saturated rings. The van der Waals surface area contributed by atoms with Crippen molar-refractivity contribution in [3.05, 3.63) is 41.5 Å². The molecule has 1 amide bonds. The molecule has 3 rings (SSSR count). The van der Waals surface area contributed by atoms with Crippen LogP contribution in [-0.2, 0) is 20.7 Å². The average Bonchev–Trinajstić information content (AvgIpc) is 2.58. The van der Waals surface area contributed by atoms with Gasteiger partial charge in [-0.1, -0.05) is 24.3 Å². The molecular weight excluding hydrogens is 292 g/mol. The Hall–Kier alpha value is -1.98. The molecule has 0 atom stereocenters. The van der Waals surface area contributed by atoms with Crippen LogP contribution in [0.4, 0.5) is 0 Å². The van der Waals surface area contributed by atoms with Gasteiger partial charge in [0.2, 0.25) is 0 Å². The molecule has 0 bridgehead atoms. The molecule has 1 heterocycles. The van der Waals surface area contributed by atoms with Crippen LogP contribution < -0.4 is 5.32 Å². The summed E-state index contributed by atoms with van der Waals surface area (Å²) in [7, 11) is 0. The number of allylic oxidation sites excluding steroid dienone is 1. The Kier molecular flexibility index (Phi) is 5.20. The number of benzene rings is 1. The first-order chi connectivity index (χ1) is 11.2. The third kappa shape index (κ3) is 4.06. The van der Waals surface area contributed by atoms with E-state index in [1.54, 1.807) is 0 Å². The summed E-state index contributed by atoms with van der Waals surface area (Å²) in [5.41, 5.74) is 2.29. The van der Waals surface area contributed by atoms with Gasteiger partial charge in [-0.3, -0.25) is 14.5 Å². The summed E-state index contributed by atoms with van der Waals surface area (Å²) >= 11 is 0. The van der Waals surface area contributed by atoms with E-state index in [9.17, 15) is 9.59 Å². The maximum atomic E-state index is 12.4. The number of amides is 1. The van der Waals surface area contributed by atoms with Crippen molar-refractivity contribution in [3.63, 3.8) is 0 Å². The topological polar surface area (TPSA) is 58.6 Å². The highest BCUT2D eigenvalue weighted by molar-refractivity contribution is 6.25. The van der Waals surface area contributed by atoms with Crippen molar-refractivity contribution in [2.24, 2.45) is 0 Å². The lowest BCUT2D eigenvalue weighted by atomic mass is 9.90. The monoisotopic (exact) mass is 314 g/mol. The molecule has 5 heteroatoms. The molecular formula is C18H22N2O3. The zero-order chi connectivity index (χ0) is 16.1. The first kappa shape index (κ1) is 15.9. The second kappa shape index (κ2) is 7.53. The fourth-order valence-corrected chi connectivity index (χ4v) is 3.03. The molecule has 1 aromatic carbocycles. The highest BCUT2D eigenvalue weighted by Crippen LogP contribution is 2.24. The van der Waals surface area contributed by atoms with Gasteiger partial charge < -0.3 is 10.1 Å². The zero-order valence-corrected chi connectivity index (χ0v) is 13.2. The molecule has 5 nitrogen and oxygen atoms in total. The summed E-state index contributed by atoms with van der Waals surface area (Å²) < 4.78 is 5.32. The Bertz CT molecular complexity index is 618. The molecule has 23 heavy (non-hydrogen) atoms. The summed E-state index contributed by atoms with van der Waals surface area (Å²) in [6.07, 6.45) is 2.75. The molecule has 0 radical (unpaired) electrons. The van der Waals surface area contributed by atoms with E-state index >= 15 is 0 Å². The fraction of sp³-hybridized carbons (Fsp3) is 0.444. The largest absolute Gasteiger partial charge is 0.379 e. The summed E-state index contributed by atoms with van der Waals surface area (Å²) in [6, 6.07) is 7.61. The smallest absolute Gasteiger partial charge is 0.252 e. The molecule has 122 valence electrons. The quantitative estimate of drug-likeness (QED) is 0.825. The van der Waals surface area contributed by atoms with Crippen molar-refractivity contribution < 1.29 is 14.3 Å². The van der Waals surface area contributed by atoms with Crippen LogP contribution in [0, 0.1) is 0 Å². The van der Waals surface area contributed by atoms with E-state index in [1.807, 2.05) is 24.3 Å². The van der Waals surface area contributed by atoms with Crippen LogP contribution in [0.1, 0.15) is 17.5 Å². The minimum Gasteiger partial charge on any atom is -0.379 e. The number of hydrogen-bond acceptors (Lipinski definition) is 4. The maximum Gasteiger partial charge on any atom is 0.252 e. The average molecular weight is 314 g/mol. The third-order valence-electron chi connectivity index (χ3n) is 4.26. The van der Waals surface area contributed by atoms with Crippen LogP contribution in [0.3, 0.4) is 0 Å². The zero-order valence-electron chi connectivity index (χ0n) is 13.2. The van der Waals surface area contributed by atoms with E-state index < -0.39 is 0 Å². The second-order valence-corrected chi connectivity index (χ2v) is 5.92. The Labute approximate surface area is 136 Å². The van der Waals surface area contributed by atoms with Crippen LogP contribution in [0.15, 0.2) is 30.3 Å². The lowest BCUT2D eigenvalue weighted by molar-refractivity contribution is -0.117. The van der Waals surface area contributed by atoms with E-state index in [1.165, 1.54) is 6.08 Å². The van der Waals surface area contributed by atoms with Crippen molar-refractivity contribution in [1.82, 2.24) is 10.2 Å². The number of nitrogens with zero attached hydrogens (tertiary/aromatic N) is 1. The van der Waals surface area contributed by atoms with E-state index in [0.717, 1.165) is 50.4 Å². The van der Waals surface area contributed by atoms with E-state index in [-0.39, 0.29) is 11.7 Å². The van der Waals surface area contributed by atoms with Crippen molar-refractivity contribution in [2.75, 3.05) is 39.4 Å². The predicted octanol–water partition coefficient (Wildman–Crippen LogP) is 1.03. The number of ketones is 1. The molecule has 1 N–H and O–H groups in total. The van der Waals surface area contributed by atoms with Crippen molar-refractivity contribution in [3.8, 4) is 0 Å².